The summed E-state index contributed by atoms with van der Waals surface area (Å²) in [6.07, 6.45) is 0.288. The first kappa shape index (κ1) is 18.1. The number of sulfone groups is 1. The van der Waals surface area contributed by atoms with E-state index < -0.39 is 27.7 Å². The van der Waals surface area contributed by atoms with Crippen LogP contribution in [0.3, 0.4) is 0 Å². The third kappa shape index (κ3) is 4.49. The quantitative estimate of drug-likeness (QED) is 0.839. The number of anilines is 1. The van der Waals surface area contributed by atoms with E-state index in [0.29, 0.717) is 11.3 Å². The number of carbonyl (C=O) groups excluding carboxylic acids is 2. The maximum absolute atomic E-state index is 12.7. The Morgan fingerprint density at radius 1 is 0.962 bits per heavy atom. The van der Waals surface area contributed by atoms with Crippen molar-refractivity contribution in [2.45, 2.75) is 12.5 Å². The SMILES string of the molecule is O=C(N[C@@H](C(=O)Nc1ccccc1)c1ccccc1)[C@H]1CCS(=O)(=O)C1. The molecule has 2 amide bonds. The molecule has 7 heteroatoms. The highest BCUT2D eigenvalue weighted by Gasteiger charge is 2.35. The van der Waals surface area contributed by atoms with Crippen LogP contribution in [0.2, 0.25) is 0 Å². The molecule has 1 aliphatic rings. The molecule has 0 unspecified atom stereocenters. The van der Waals surface area contributed by atoms with Gasteiger partial charge >= 0.3 is 0 Å². The van der Waals surface area contributed by atoms with Gasteiger partial charge in [0.05, 0.1) is 17.4 Å². The molecule has 3 rings (SSSR count). The lowest BCUT2D eigenvalue weighted by Gasteiger charge is -2.20. The van der Waals surface area contributed by atoms with E-state index in [1.165, 1.54) is 0 Å². The van der Waals surface area contributed by atoms with Crippen LogP contribution in [0.15, 0.2) is 60.7 Å². The maximum Gasteiger partial charge on any atom is 0.251 e. The van der Waals surface area contributed by atoms with E-state index in [1.54, 1.807) is 48.5 Å². The van der Waals surface area contributed by atoms with Crippen molar-refractivity contribution in [2.75, 3.05) is 16.8 Å². The number of benzene rings is 2. The van der Waals surface area contributed by atoms with Gasteiger partial charge in [-0.05, 0) is 24.1 Å². The molecule has 1 saturated heterocycles. The molecule has 136 valence electrons. The summed E-state index contributed by atoms with van der Waals surface area (Å²) >= 11 is 0. The van der Waals surface area contributed by atoms with Crippen LogP contribution in [0.4, 0.5) is 5.69 Å². The molecule has 0 aliphatic carbocycles. The Balaban J connectivity index is 1.78. The van der Waals surface area contributed by atoms with E-state index >= 15 is 0 Å². The minimum absolute atomic E-state index is 0.0112. The molecule has 6 nitrogen and oxygen atoms in total. The van der Waals surface area contributed by atoms with E-state index in [9.17, 15) is 18.0 Å². The van der Waals surface area contributed by atoms with Crippen LogP contribution in [-0.2, 0) is 19.4 Å². The van der Waals surface area contributed by atoms with Crippen LogP contribution in [0, 0.1) is 5.92 Å². The van der Waals surface area contributed by atoms with Crippen LogP contribution in [-0.4, -0.2) is 31.7 Å². The smallest absolute Gasteiger partial charge is 0.251 e. The maximum atomic E-state index is 12.7. The largest absolute Gasteiger partial charge is 0.340 e. The summed E-state index contributed by atoms with van der Waals surface area (Å²) in [6.45, 7) is 0. The summed E-state index contributed by atoms with van der Waals surface area (Å²) in [4.78, 5) is 25.3. The number of rotatable bonds is 5. The summed E-state index contributed by atoms with van der Waals surface area (Å²) in [7, 11) is -3.17. The summed E-state index contributed by atoms with van der Waals surface area (Å²) in [5, 5.41) is 5.50. The Kier molecular flexibility index (Phi) is 5.37. The van der Waals surface area contributed by atoms with Crippen LogP contribution in [0.25, 0.3) is 0 Å². The van der Waals surface area contributed by atoms with Crippen molar-refractivity contribution in [3.05, 3.63) is 66.2 Å². The third-order valence-electron chi connectivity index (χ3n) is 4.33. The van der Waals surface area contributed by atoms with Crippen molar-refractivity contribution < 1.29 is 18.0 Å². The van der Waals surface area contributed by atoms with Crippen LogP contribution in [0.5, 0.6) is 0 Å². The zero-order valence-corrected chi connectivity index (χ0v) is 14.9. The average Bonchev–Trinajstić information content (AvgIpc) is 3.01. The highest BCUT2D eigenvalue weighted by atomic mass is 32.2. The van der Waals surface area contributed by atoms with Gasteiger partial charge in [0.15, 0.2) is 9.84 Å². The lowest BCUT2D eigenvalue weighted by molar-refractivity contribution is -0.128. The molecule has 0 bridgehead atoms. The molecule has 0 aromatic heterocycles. The highest BCUT2D eigenvalue weighted by molar-refractivity contribution is 7.91. The minimum atomic E-state index is -3.17. The molecule has 0 radical (unpaired) electrons. The van der Waals surface area contributed by atoms with Crippen LogP contribution in [0.1, 0.15) is 18.0 Å². The van der Waals surface area contributed by atoms with Gasteiger partial charge in [0.25, 0.3) is 5.91 Å². The zero-order valence-electron chi connectivity index (χ0n) is 14.1. The first-order chi connectivity index (χ1) is 12.4. The zero-order chi connectivity index (χ0) is 18.6. The van der Waals surface area contributed by atoms with Gasteiger partial charge < -0.3 is 10.6 Å². The Morgan fingerprint density at radius 2 is 1.58 bits per heavy atom. The standard InChI is InChI=1S/C19H20N2O4S/c22-18(15-11-12-26(24,25)13-15)21-17(14-7-3-1-4-8-14)19(23)20-16-9-5-2-6-10-16/h1-10,15,17H,11-13H2,(H,20,23)(H,21,22)/t15-,17+/m0/s1. The normalized spacial score (nSPS) is 19.5. The summed E-state index contributed by atoms with van der Waals surface area (Å²) in [5.74, 6) is -1.56. The molecular formula is C19H20N2O4S. The van der Waals surface area contributed by atoms with Gasteiger partial charge in [-0.3, -0.25) is 9.59 Å². The number of amides is 2. The fourth-order valence-corrected chi connectivity index (χ4v) is 4.68. The lowest BCUT2D eigenvalue weighted by Crippen LogP contribution is -2.40. The molecule has 2 N–H and O–H groups in total. The van der Waals surface area contributed by atoms with Crippen LogP contribution < -0.4 is 10.6 Å². The summed E-state index contributed by atoms with van der Waals surface area (Å²) in [5.41, 5.74) is 1.26. The molecule has 2 aromatic carbocycles. The van der Waals surface area contributed by atoms with E-state index in [0.717, 1.165) is 0 Å². The summed E-state index contributed by atoms with van der Waals surface area (Å²) in [6, 6.07) is 16.9. The molecular weight excluding hydrogens is 352 g/mol. The van der Waals surface area contributed by atoms with Gasteiger partial charge in [-0.15, -0.1) is 0 Å². The number of nitrogens with one attached hydrogen (secondary N) is 2. The second-order valence-electron chi connectivity index (χ2n) is 6.31. The monoisotopic (exact) mass is 372 g/mol. The number of hydrogen-bond acceptors (Lipinski definition) is 4. The molecule has 1 aliphatic heterocycles. The number of carbonyl (C=O) groups is 2. The van der Waals surface area contributed by atoms with Gasteiger partial charge in [0, 0.05) is 5.69 Å². The van der Waals surface area contributed by atoms with Crippen molar-refractivity contribution in [3.63, 3.8) is 0 Å². The van der Waals surface area contributed by atoms with E-state index in [4.69, 9.17) is 0 Å². The fourth-order valence-electron chi connectivity index (χ4n) is 2.94. The van der Waals surface area contributed by atoms with Gasteiger partial charge in [-0.2, -0.15) is 0 Å². The van der Waals surface area contributed by atoms with Crippen molar-refractivity contribution in [1.29, 1.82) is 0 Å². The Labute approximate surface area is 152 Å². The predicted octanol–water partition coefficient (Wildman–Crippen LogP) is 1.92. The van der Waals surface area contributed by atoms with Crippen molar-refractivity contribution in [3.8, 4) is 0 Å². The van der Waals surface area contributed by atoms with Gasteiger partial charge in [0.1, 0.15) is 6.04 Å². The van der Waals surface area contributed by atoms with Gasteiger partial charge in [0.2, 0.25) is 5.91 Å². The number of para-hydroxylation sites is 1. The first-order valence-electron chi connectivity index (χ1n) is 8.36. The van der Waals surface area contributed by atoms with Crippen LogP contribution >= 0.6 is 0 Å². The molecule has 1 heterocycles. The van der Waals surface area contributed by atoms with E-state index in [2.05, 4.69) is 10.6 Å². The van der Waals surface area contributed by atoms with Crippen molar-refractivity contribution in [2.24, 2.45) is 5.92 Å². The Morgan fingerprint density at radius 3 is 2.15 bits per heavy atom. The van der Waals surface area contributed by atoms with Crippen molar-refractivity contribution in [1.82, 2.24) is 5.32 Å². The average molecular weight is 372 g/mol. The molecule has 26 heavy (non-hydrogen) atoms. The van der Waals surface area contributed by atoms with E-state index in [-0.39, 0.29) is 23.8 Å². The number of hydrogen-bond donors (Lipinski definition) is 2. The lowest BCUT2D eigenvalue weighted by atomic mass is 10.0. The van der Waals surface area contributed by atoms with Gasteiger partial charge in [-0.25, -0.2) is 8.42 Å². The van der Waals surface area contributed by atoms with Gasteiger partial charge in [-0.1, -0.05) is 48.5 Å². The molecule has 0 saturated carbocycles. The molecule has 0 spiro atoms. The van der Waals surface area contributed by atoms with Crippen molar-refractivity contribution >= 4 is 27.3 Å². The molecule has 2 aromatic rings. The minimum Gasteiger partial charge on any atom is -0.340 e. The molecule has 2 atom stereocenters. The second kappa shape index (κ2) is 7.70. The predicted molar refractivity (Wildman–Crippen MR) is 99.2 cm³/mol. The fraction of sp³-hybridized carbons (Fsp3) is 0.263. The van der Waals surface area contributed by atoms with E-state index in [1.807, 2.05) is 12.1 Å². The Hall–Kier alpha value is -2.67. The second-order valence-corrected chi connectivity index (χ2v) is 8.54. The first-order valence-corrected chi connectivity index (χ1v) is 10.2. The summed E-state index contributed by atoms with van der Waals surface area (Å²) < 4.78 is 23.2. The highest BCUT2D eigenvalue weighted by Crippen LogP contribution is 2.21. The topological polar surface area (TPSA) is 92.3 Å². The molecule has 1 fully saturated rings. The third-order valence-corrected chi connectivity index (χ3v) is 6.09. The Bertz CT molecular complexity index is 882.